The van der Waals surface area contributed by atoms with Crippen molar-refractivity contribution in [3.8, 4) is 0 Å². The van der Waals surface area contributed by atoms with E-state index in [-0.39, 0.29) is 0 Å². The first kappa shape index (κ1) is 10.3. The molecular weight excluding hydrogens is 184 g/mol. The summed E-state index contributed by atoms with van der Waals surface area (Å²) in [6.07, 6.45) is 5.93. The van der Waals surface area contributed by atoms with Crippen LogP contribution < -0.4 is 0 Å². The summed E-state index contributed by atoms with van der Waals surface area (Å²) >= 11 is 5.67. The van der Waals surface area contributed by atoms with E-state index in [1.807, 2.05) is 12.4 Å². The van der Waals surface area contributed by atoms with Crippen molar-refractivity contribution < 1.29 is 0 Å². The number of allylic oxidation sites excluding steroid dienone is 1. The summed E-state index contributed by atoms with van der Waals surface area (Å²) in [6, 6.07) is 0. The minimum atomic E-state index is 0.518. The second kappa shape index (κ2) is 5.07. The van der Waals surface area contributed by atoms with E-state index in [0.717, 1.165) is 30.8 Å². The molecule has 0 aliphatic carbocycles. The second-order valence-electron chi connectivity index (χ2n) is 3.11. The van der Waals surface area contributed by atoms with Gasteiger partial charge in [0.25, 0.3) is 0 Å². The van der Waals surface area contributed by atoms with Crippen LogP contribution in [0.4, 0.5) is 0 Å². The van der Waals surface area contributed by atoms with Crippen LogP contribution in [0.25, 0.3) is 0 Å². The van der Waals surface area contributed by atoms with Crippen LogP contribution >= 0.6 is 11.6 Å². The molecule has 2 nitrogen and oxygen atoms in total. The van der Waals surface area contributed by atoms with E-state index in [0.29, 0.717) is 5.88 Å². The van der Waals surface area contributed by atoms with Gasteiger partial charge in [-0.05, 0) is 12.0 Å². The number of aromatic nitrogens is 2. The molecule has 0 unspecified atom stereocenters. The topological polar surface area (TPSA) is 17.8 Å². The molecule has 3 heteroatoms. The fraction of sp³-hybridized carbons (Fsp3) is 0.500. The van der Waals surface area contributed by atoms with Crippen LogP contribution in [0.5, 0.6) is 0 Å². The molecule has 0 radical (unpaired) electrons. The maximum absolute atomic E-state index is 5.67. The van der Waals surface area contributed by atoms with Crippen molar-refractivity contribution in [3.05, 3.63) is 30.4 Å². The van der Waals surface area contributed by atoms with E-state index in [9.17, 15) is 0 Å². The van der Waals surface area contributed by atoms with Gasteiger partial charge in [-0.15, -0.1) is 11.6 Å². The summed E-state index contributed by atoms with van der Waals surface area (Å²) in [5, 5.41) is 0. The third-order valence-electron chi connectivity index (χ3n) is 1.86. The van der Waals surface area contributed by atoms with Gasteiger partial charge in [-0.1, -0.05) is 13.5 Å². The zero-order chi connectivity index (χ0) is 9.68. The zero-order valence-corrected chi connectivity index (χ0v) is 8.72. The number of imidazole rings is 1. The van der Waals surface area contributed by atoms with Crippen LogP contribution in [0.1, 0.15) is 19.2 Å². The van der Waals surface area contributed by atoms with Crippen molar-refractivity contribution in [3.63, 3.8) is 0 Å². The van der Waals surface area contributed by atoms with Gasteiger partial charge in [0, 0.05) is 31.2 Å². The molecule has 0 spiro atoms. The van der Waals surface area contributed by atoms with Gasteiger partial charge in [0.15, 0.2) is 0 Å². The van der Waals surface area contributed by atoms with Gasteiger partial charge in [-0.2, -0.15) is 0 Å². The Morgan fingerprint density at radius 3 is 3.08 bits per heavy atom. The SMILES string of the molecule is C=C(CCl)Cn1ccnc1CCC. The van der Waals surface area contributed by atoms with Gasteiger partial charge >= 0.3 is 0 Å². The predicted molar refractivity (Wildman–Crippen MR) is 56.1 cm³/mol. The first-order chi connectivity index (χ1) is 6.27. The molecule has 0 amide bonds. The van der Waals surface area contributed by atoms with E-state index in [1.165, 1.54) is 0 Å². The van der Waals surface area contributed by atoms with Crippen LogP contribution in [0, 0.1) is 0 Å². The van der Waals surface area contributed by atoms with Gasteiger partial charge in [0.05, 0.1) is 0 Å². The molecule has 0 aromatic carbocycles. The van der Waals surface area contributed by atoms with Crippen LogP contribution in [0.2, 0.25) is 0 Å². The van der Waals surface area contributed by atoms with Crippen LogP contribution in [0.15, 0.2) is 24.5 Å². The number of halogens is 1. The highest BCUT2D eigenvalue weighted by Crippen LogP contribution is 2.05. The third kappa shape index (κ3) is 2.88. The Morgan fingerprint density at radius 1 is 1.69 bits per heavy atom. The minimum absolute atomic E-state index is 0.518. The summed E-state index contributed by atoms with van der Waals surface area (Å²) < 4.78 is 2.11. The number of hydrogen-bond acceptors (Lipinski definition) is 1. The molecule has 1 aromatic heterocycles. The molecule has 0 saturated carbocycles. The lowest BCUT2D eigenvalue weighted by atomic mass is 10.3. The maximum atomic E-state index is 5.67. The monoisotopic (exact) mass is 198 g/mol. The fourth-order valence-electron chi connectivity index (χ4n) is 1.22. The van der Waals surface area contributed by atoms with Crippen molar-refractivity contribution in [2.24, 2.45) is 0 Å². The van der Waals surface area contributed by atoms with Crippen molar-refractivity contribution in [2.75, 3.05) is 5.88 Å². The molecule has 1 aromatic rings. The zero-order valence-electron chi connectivity index (χ0n) is 7.96. The Labute approximate surface area is 84.2 Å². The number of aryl methyl sites for hydroxylation is 1. The molecule has 72 valence electrons. The molecule has 0 aliphatic rings. The Morgan fingerprint density at radius 2 is 2.46 bits per heavy atom. The second-order valence-corrected chi connectivity index (χ2v) is 3.37. The summed E-state index contributed by atoms with van der Waals surface area (Å²) in [5.41, 5.74) is 1.03. The molecular formula is C10H15ClN2. The average molecular weight is 199 g/mol. The lowest BCUT2D eigenvalue weighted by molar-refractivity contribution is 0.699. The van der Waals surface area contributed by atoms with E-state index < -0.39 is 0 Å². The number of hydrogen-bond donors (Lipinski definition) is 0. The van der Waals surface area contributed by atoms with E-state index >= 15 is 0 Å². The van der Waals surface area contributed by atoms with Crippen LogP contribution in [0.3, 0.4) is 0 Å². The number of alkyl halides is 1. The molecule has 0 N–H and O–H groups in total. The predicted octanol–water partition coefficient (Wildman–Crippen LogP) is 2.63. The van der Waals surface area contributed by atoms with Crippen molar-refractivity contribution in [2.45, 2.75) is 26.3 Å². The minimum Gasteiger partial charge on any atom is -0.331 e. The van der Waals surface area contributed by atoms with Crippen molar-refractivity contribution in [1.82, 2.24) is 9.55 Å². The highest BCUT2D eigenvalue weighted by atomic mass is 35.5. The summed E-state index contributed by atoms with van der Waals surface area (Å²) in [6.45, 7) is 6.81. The molecule has 0 fully saturated rings. The number of rotatable bonds is 5. The van der Waals surface area contributed by atoms with Crippen molar-refractivity contribution >= 4 is 11.6 Å². The summed E-state index contributed by atoms with van der Waals surface area (Å²) in [5.74, 6) is 1.64. The highest BCUT2D eigenvalue weighted by molar-refractivity contribution is 6.19. The van der Waals surface area contributed by atoms with E-state index in [4.69, 9.17) is 11.6 Å². The van der Waals surface area contributed by atoms with Gasteiger partial charge in [-0.3, -0.25) is 0 Å². The Kier molecular flexibility index (Phi) is 4.03. The van der Waals surface area contributed by atoms with Gasteiger partial charge < -0.3 is 4.57 Å². The molecule has 1 rings (SSSR count). The lowest BCUT2D eigenvalue weighted by Gasteiger charge is -2.06. The number of nitrogens with zero attached hydrogens (tertiary/aromatic N) is 2. The van der Waals surface area contributed by atoms with Crippen LogP contribution in [-0.4, -0.2) is 15.4 Å². The smallest absolute Gasteiger partial charge is 0.108 e. The Balaban J connectivity index is 2.64. The first-order valence-corrected chi connectivity index (χ1v) is 5.04. The van der Waals surface area contributed by atoms with E-state index in [1.54, 1.807) is 0 Å². The largest absolute Gasteiger partial charge is 0.331 e. The summed E-state index contributed by atoms with van der Waals surface area (Å²) in [4.78, 5) is 4.27. The normalized spacial score (nSPS) is 10.3. The van der Waals surface area contributed by atoms with Crippen molar-refractivity contribution in [1.29, 1.82) is 0 Å². The Hall–Kier alpha value is -0.760. The van der Waals surface area contributed by atoms with E-state index in [2.05, 4.69) is 23.1 Å². The first-order valence-electron chi connectivity index (χ1n) is 4.50. The quantitative estimate of drug-likeness (QED) is 0.526. The molecule has 13 heavy (non-hydrogen) atoms. The van der Waals surface area contributed by atoms with Gasteiger partial charge in [0.1, 0.15) is 5.82 Å². The average Bonchev–Trinajstić information content (AvgIpc) is 2.54. The molecule has 0 atom stereocenters. The Bertz CT molecular complexity index is 278. The van der Waals surface area contributed by atoms with Gasteiger partial charge in [-0.25, -0.2) is 4.98 Å². The third-order valence-corrected chi connectivity index (χ3v) is 2.24. The standard InChI is InChI=1S/C10H15ClN2/c1-3-4-10-12-5-6-13(10)8-9(2)7-11/h5-6H,2-4,7-8H2,1H3. The molecule has 0 bridgehead atoms. The molecule has 0 saturated heterocycles. The lowest BCUT2D eigenvalue weighted by Crippen LogP contribution is -2.05. The molecule has 0 aliphatic heterocycles. The fourth-order valence-corrected chi connectivity index (χ4v) is 1.30. The van der Waals surface area contributed by atoms with Gasteiger partial charge in [0.2, 0.25) is 0 Å². The molecule has 1 heterocycles. The van der Waals surface area contributed by atoms with Crippen LogP contribution in [-0.2, 0) is 13.0 Å². The summed E-state index contributed by atoms with van der Waals surface area (Å²) in [7, 11) is 0. The highest BCUT2D eigenvalue weighted by Gasteiger charge is 2.01. The maximum Gasteiger partial charge on any atom is 0.108 e.